The molecule has 1 atom stereocenters. The van der Waals surface area contributed by atoms with Crippen LogP contribution in [0.1, 0.15) is 34.6 Å². The molecule has 3 rings (SSSR count). The lowest BCUT2D eigenvalue weighted by Crippen LogP contribution is -2.19. The van der Waals surface area contributed by atoms with Gasteiger partial charge in [0.25, 0.3) is 0 Å². The number of hydrogen-bond donors (Lipinski definition) is 2. The highest BCUT2D eigenvalue weighted by atomic mass is 16.5. The fourth-order valence-corrected chi connectivity index (χ4v) is 2.71. The Bertz CT molecular complexity index is 873. The molecular weight excluding hydrogens is 332 g/mol. The molecule has 0 saturated heterocycles. The summed E-state index contributed by atoms with van der Waals surface area (Å²) in [5.74, 6) is -0.0769. The largest absolute Gasteiger partial charge is 0.497 e. The van der Waals surface area contributed by atoms with Gasteiger partial charge in [0, 0.05) is 12.1 Å². The maximum Gasteiger partial charge on any atom is 0.341 e. The van der Waals surface area contributed by atoms with Gasteiger partial charge in [0.05, 0.1) is 13.2 Å². The Hall–Kier alpha value is -3.12. The van der Waals surface area contributed by atoms with Crippen LogP contribution in [0.15, 0.2) is 59.1 Å². The average molecular weight is 352 g/mol. The summed E-state index contributed by atoms with van der Waals surface area (Å²) in [6, 6.07) is 16.6. The monoisotopic (exact) mass is 352 g/mol. The molecule has 134 valence electrons. The van der Waals surface area contributed by atoms with Gasteiger partial charge in [-0.2, -0.15) is 0 Å². The Labute approximate surface area is 151 Å². The predicted octanol–water partition coefficient (Wildman–Crippen LogP) is 3.90. The fraction of sp³-hybridized carbons (Fsp3) is 0.200. The van der Waals surface area contributed by atoms with Gasteiger partial charge in [-0.05, 0) is 36.8 Å². The van der Waals surface area contributed by atoms with E-state index >= 15 is 0 Å². The third-order valence-corrected chi connectivity index (χ3v) is 4.14. The molecule has 6 nitrogen and oxygen atoms in total. The quantitative estimate of drug-likeness (QED) is 0.671. The number of methoxy groups -OCH3 is 1. The van der Waals surface area contributed by atoms with Crippen LogP contribution in [-0.2, 0) is 6.54 Å². The summed E-state index contributed by atoms with van der Waals surface area (Å²) in [5, 5.41) is 17.0. The van der Waals surface area contributed by atoms with E-state index in [1.54, 1.807) is 31.4 Å². The molecule has 1 heterocycles. The molecule has 0 aliphatic rings. The number of aromatic nitrogens is 1. The lowest BCUT2D eigenvalue weighted by molar-refractivity contribution is 0.0694. The van der Waals surface area contributed by atoms with Crippen molar-refractivity contribution in [2.24, 2.45) is 0 Å². The van der Waals surface area contributed by atoms with Crippen molar-refractivity contribution in [3.8, 4) is 17.0 Å². The van der Waals surface area contributed by atoms with Crippen LogP contribution in [-0.4, -0.2) is 23.3 Å². The first-order valence-corrected chi connectivity index (χ1v) is 8.24. The van der Waals surface area contributed by atoms with E-state index in [9.17, 15) is 9.90 Å². The van der Waals surface area contributed by atoms with Crippen molar-refractivity contribution in [2.75, 3.05) is 7.11 Å². The van der Waals surface area contributed by atoms with E-state index in [0.717, 1.165) is 5.56 Å². The highest BCUT2D eigenvalue weighted by Crippen LogP contribution is 2.30. The second-order valence-corrected chi connectivity index (χ2v) is 5.89. The van der Waals surface area contributed by atoms with E-state index in [-0.39, 0.29) is 11.6 Å². The number of nitrogens with zero attached hydrogens (tertiary/aromatic N) is 1. The number of benzene rings is 2. The van der Waals surface area contributed by atoms with E-state index < -0.39 is 5.97 Å². The molecule has 3 aromatic rings. The van der Waals surface area contributed by atoms with E-state index in [2.05, 4.69) is 10.5 Å². The molecule has 0 unspecified atom stereocenters. The molecule has 0 bridgehead atoms. The summed E-state index contributed by atoms with van der Waals surface area (Å²) < 4.78 is 10.5. The zero-order valence-electron chi connectivity index (χ0n) is 14.6. The van der Waals surface area contributed by atoms with E-state index in [4.69, 9.17) is 9.26 Å². The van der Waals surface area contributed by atoms with Crippen LogP contribution in [0.5, 0.6) is 5.75 Å². The van der Waals surface area contributed by atoms with Gasteiger partial charge >= 0.3 is 5.97 Å². The first-order valence-electron chi connectivity index (χ1n) is 8.24. The number of carboxylic acid groups (broad SMARTS) is 1. The Kier molecular flexibility index (Phi) is 5.34. The van der Waals surface area contributed by atoms with Gasteiger partial charge in [0.2, 0.25) is 0 Å². The minimum absolute atomic E-state index is 0.0724. The topological polar surface area (TPSA) is 84.6 Å². The Morgan fingerprint density at radius 2 is 1.88 bits per heavy atom. The zero-order valence-corrected chi connectivity index (χ0v) is 14.6. The van der Waals surface area contributed by atoms with Crippen molar-refractivity contribution in [1.29, 1.82) is 0 Å². The SMILES string of the molecule is COc1ccc(-c2noc([C@@H](C)NCc3ccccc3)c2C(=O)O)cc1. The van der Waals surface area contributed by atoms with Crippen LogP contribution < -0.4 is 10.1 Å². The molecule has 26 heavy (non-hydrogen) atoms. The molecule has 0 saturated carbocycles. The predicted molar refractivity (Wildman–Crippen MR) is 97.1 cm³/mol. The number of aromatic carboxylic acids is 1. The molecule has 0 fully saturated rings. The van der Waals surface area contributed by atoms with Crippen LogP contribution in [0.4, 0.5) is 0 Å². The van der Waals surface area contributed by atoms with Gasteiger partial charge in [-0.1, -0.05) is 35.5 Å². The molecule has 6 heteroatoms. The number of carboxylic acids is 1. The summed E-state index contributed by atoms with van der Waals surface area (Å²) in [6.45, 7) is 2.45. The number of nitrogens with one attached hydrogen (secondary N) is 1. The molecule has 2 N–H and O–H groups in total. The van der Waals surface area contributed by atoms with Gasteiger partial charge in [-0.15, -0.1) is 0 Å². The highest BCUT2D eigenvalue weighted by molar-refractivity contribution is 5.96. The standard InChI is InChI=1S/C20H20N2O4/c1-13(21-12-14-6-4-3-5-7-14)19-17(20(23)24)18(22-26-19)15-8-10-16(25-2)11-9-15/h3-11,13,21H,12H2,1-2H3,(H,23,24)/t13-/m1/s1. The van der Waals surface area contributed by atoms with Gasteiger partial charge < -0.3 is 19.7 Å². The van der Waals surface area contributed by atoms with Gasteiger partial charge in [-0.3, -0.25) is 0 Å². The Morgan fingerprint density at radius 1 is 1.19 bits per heavy atom. The maximum atomic E-state index is 11.8. The lowest BCUT2D eigenvalue weighted by atomic mass is 10.0. The van der Waals surface area contributed by atoms with Gasteiger partial charge in [0.15, 0.2) is 5.76 Å². The number of rotatable bonds is 7. The molecule has 0 aliphatic carbocycles. The van der Waals surface area contributed by atoms with Crippen LogP contribution in [0.25, 0.3) is 11.3 Å². The molecule has 0 radical (unpaired) electrons. The minimum atomic E-state index is -1.07. The third-order valence-electron chi connectivity index (χ3n) is 4.14. The van der Waals surface area contributed by atoms with E-state index in [0.29, 0.717) is 29.3 Å². The Balaban J connectivity index is 1.85. The van der Waals surface area contributed by atoms with Crippen LogP contribution >= 0.6 is 0 Å². The van der Waals surface area contributed by atoms with Gasteiger partial charge in [-0.25, -0.2) is 4.79 Å². The first-order chi connectivity index (χ1) is 12.6. The number of ether oxygens (including phenoxy) is 1. The van der Waals surface area contributed by atoms with Crippen LogP contribution in [0.2, 0.25) is 0 Å². The first kappa shape index (κ1) is 17.7. The van der Waals surface area contributed by atoms with Crippen molar-refractivity contribution in [3.05, 3.63) is 71.5 Å². The zero-order chi connectivity index (χ0) is 18.5. The molecule has 0 amide bonds. The molecular formula is C20H20N2O4. The maximum absolute atomic E-state index is 11.8. The minimum Gasteiger partial charge on any atom is -0.497 e. The van der Waals surface area contributed by atoms with Crippen molar-refractivity contribution in [3.63, 3.8) is 0 Å². The van der Waals surface area contributed by atoms with Crippen molar-refractivity contribution in [1.82, 2.24) is 10.5 Å². The second kappa shape index (κ2) is 7.84. The van der Waals surface area contributed by atoms with Crippen molar-refractivity contribution >= 4 is 5.97 Å². The fourth-order valence-electron chi connectivity index (χ4n) is 2.71. The van der Waals surface area contributed by atoms with Crippen LogP contribution in [0.3, 0.4) is 0 Å². The molecule has 1 aromatic heterocycles. The molecule has 0 spiro atoms. The van der Waals surface area contributed by atoms with Crippen molar-refractivity contribution < 1.29 is 19.2 Å². The van der Waals surface area contributed by atoms with E-state index in [1.165, 1.54) is 0 Å². The van der Waals surface area contributed by atoms with E-state index in [1.807, 2.05) is 37.3 Å². The smallest absolute Gasteiger partial charge is 0.341 e. The van der Waals surface area contributed by atoms with Gasteiger partial charge in [0.1, 0.15) is 17.0 Å². The average Bonchev–Trinajstić information content (AvgIpc) is 3.12. The summed E-state index contributed by atoms with van der Waals surface area (Å²) in [7, 11) is 1.58. The molecule has 0 aliphatic heterocycles. The highest BCUT2D eigenvalue weighted by Gasteiger charge is 2.27. The van der Waals surface area contributed by atoms with Crippen molar-refractivity contribution in [2.45, 2.75) is 19.5 Å². The lowest BCUT2D eigenvalue weighted by Gasteiger charge is -2.11. The summed E-state index contributed by atoms with van der Waals surface area (Å²) >= 11 is 0. The third kappa shape index (κ3) is 3.75. The second-order valence-electron chi connectivity index (χ2n) is 5.89. The molecule has 2 aromatic carbocycles. The Morgan fingerprint density at radius 3 is 2.50 bits per heavy atom. The summed E-state index contributed by atoms with van der Waals surface area (Å²) in [6.07, 6.45) is 0. The number of carbonyl (C=O) groups is 1. The normalized spacial score (nSPS) is 11.9. The summed E-state index contributed by atoms with van der Waals surface area (Å²) in [4.78, 5) is 11.8. The number of hydrogen-bond acceptors (Lipinski definition) is 5. The van der Waals surface area contributed by atoms with Crippen LogP contribution in [0, 0.1) is 0 Å². The summed E-state index contributed by atoms with van der Waals surface area (Å²) in [5.41, 5.74) is 2.14.